The van der Waals surface area contributed by atoms with E-state index >= 15 is 0 Å². The Hall–Kier alpha value is -1.85. The molecule has 40 heavy (non-hydrogen) atoms. The lowest BCUT2D eigenvalue weighted by Gasteiger charge is -2.34. The van der Waals surface area contributed by atoms with E-state index in [4.69, 9.17) is 21.1 Å². The molecule has 1 aromatic heterocycles. The van der Waals surface area contributed by atoms with E-state index < -0.39 is 0 Å². The minimum atomic E-state index is 0. The van der Waals surface area contributed by atoms with Gasteiger partial charge in [-0.15, -0.1) is 24.8 Å². The molecule has 12 heteroatoms. The molecule has 0 atom stereocenters. The number of hydrogen-bond acceptors (Lipinski definition) is 9. The van der Waals surface area contributed by atoms with Crippen LogP contribution in [0.1, 0.15) is 11.1 Å². The van der Waals surface area contributed by atoms with Crippen molar-refractivity contribution >= 4 is 53.1 Å². The Labute approximate surface area is 260 Å². The van der Waals surface area contributed by atoms with Crippen LogP contribution >= 0.6 is 47.9 Å². The van der Waals surface area contributed by atoms with Crippen LogP contribution in [0, 0.1) is 0 Å². The van der Waals surface area contributed by atoms with Crippen LogP contribution in [0.3, 0.4) is 0 Å². The molecule has 3 aromatic rings. The second-order valence-corrected chi connectivity index (χ2v) is 10.5. The van der Waals surface area contributed by atoms with Crippen LogP contribution in [0.4, 0.5) is 5.13 Å². The number of rotatable bonds is 9. The molecule has 5 rings (SSSR count). The van der Waals surface area contributed by atoms with Crippen molar-refractivity contribution in [3.63, 3.8) is 0 Å². The average molecular weight is 632 g/mol. The fraction of sp³-hybridized carbons (Fsp3) is 0.500. The van der Waals surface area contributed by atoms with Crippen LogP contribution in [0.25, 0.3) is 0 Å². The number of nitrogens with one attached hydrogen (secondary N) is 1. The van der Waals surface area contributed by atoms with Crippen LogP contribution < -0.4 is 19.7 Å². The maximum Gasteiger partial charge on any atom is 0.236 e. The van der Waals surface area contributed by atoms with Crippen molar-refractivity contribution in [2.24, 2.45) is 0 Å². The van der Waals surface area contributed by atoms with Crippen LogP contribution in [0.2, 0.25) is 5.28 Å². The number of methoxy groups -OCH3 is 2. The molecule has 2 aliphatic heterocycles. The van der Waals surface area contributed by atoms with Gasteiger partial charge in [0.2, 0.25) is 10.4 Å². The summed E-state index contributed by atoms with van der Waals surface area (Å²) in [6.07, 6.45) is 2.19. The summed E-state index contributed by atoms with van der Waals surface area (Å²) in [6, 6.07) is 16.7. The molecule has 0 aliphatic carbocycles. The predicted molar refractivity (Wildman–Crippen MR) is 171 cm³/mol. The summed E-state index contributed by atoms with van der Waals surface area (Å²) in [7, 11) is 3.40. The maximum atomic E-state index is 5.79. The van der Waals surface area contributed by atoms with Gasteiger partial charge in [-0.3, -0.25) is 4.90 Å². The Balaban J connectivity index is 0.000000279. The van der Waals surface area contributed by atoms with Crippen LogP contribution in [0.5, 0.6) is 11.5 Å². The van der Waals surface area contributed by atoms with E-state index in [2.05, 4.69) is 53.6 Å². The number of piperazine rings is 2. The number of ether oxygens (including phenoxy) is 2. The quantitative estimate of drug-likeness (QED) is 0.369. The van der Waals surface area contributed by atoms with Crippen molar-refractivity contribution in [3.8, 4) is 11.5 Å². The highest BCUT2D eigenvalue weighted by Gasteiger charge is 2.19. The third-order valence-corrected chi connectivity index (χ3v) is 8.04. The van der Waals surface area contributed by atoms with Crippen molar-refractivity contribution in [1.29, 1.82) is 0 Å². The van der Waals surface area contributed by atoms with E-state index in [-0.39, 0.29) is 24.8 Å². The van der Waals surface area contributed by atoms with E-state index in [0.717, 1.165) is 81.8 Å². The summed E-state index contributed by atoms with van der Waals surface area (Å²) in [6.45, 7) is 10.9. The molecule has 0 amide bonds. The minimum absolute atomic E-state index is 0. The average Bonchev–Trinajstić information content (AvgIpc) is 3.43. The number of aromatic nitrogens is 2. The Bertz CT molecular complexity index is 1080. The molecule has 3 heterocycles. The second kappa shape index (κ2) is 18.6. The first-order valence-corrected chi connectivity index (χ1v) is 14.4. The Morgan fingerprint density at radius 2 is 1.23 bits per heavy atom. The fourth-order valence-electron chi connectivity index (χ4n) is 4.58. The zero-order valence-electron chi connectivity index (χ0n) is 23.3. The van der Waals surface area contributed by atoms with E-state index in [9.17, 15) is 0 Å². The molecular formula is C28H41Cl3N6O2S. The van der Waals surface area contributed by atoms with Gasteiger partial charge in [0.15, 0.2) is 0 Å². The van der Waals surface area contributed by atoms with Gasteiger partial charge < -0.3 is 24.6 Å². The summed E-state index contributed by atoms with van der Waals surface area (Å²) >= 11 is 7.16. The monoisotopic (exact) mass is 630 g/mol. The van der Waals surface area contributed by atoms with Crippen LogP contribution in [0.15, 0.2) is 48.5 Å². The van der Waals surface area contributed by atoms with Crippen molar-refractivity contribution in [2.75, 3.05) is 84.6 Å². The van der Waals surface area contributed by atoms with Crippen LogP contribution in [-0.4, -0.2) is 98.8 Å². The Morgan fingerprint density at radius 3 is 1.65 bits per heavy atom. The van der Waals surface area contributed by atoms with E-state index in [1.54, 1.807) is 14.2 Å². The highest BCUT2D eigenvalue weighted by Crippen LogP contribution is 2.21. The van der Waals surface area contributed by atoms with Gasteiger partial charge in [0, 0.05) is 77.0 Å². The molecule has 222 valence electrons. The number of benzene rings is 2. The molecule has 2 aliphatic rings. The lowest BCUT2D eigenvalue weighted by atomic mass is 10.1. The van der Waals surface area contributed by atoms with E-state index in [0.29, 0.717) is 5.28 Å². The summed E-state index contributed by atoms with van der Waals surface area (Å²) in [5, 5.41) is 4.65. The van der Waals surface area contributed by atoms with Crippen molar-refractivity contribution in [1.82, 2.24) is 24.5 Å². The molecule has 1 N–H and O–H groups in total. The zero-order chi connectivity index (χ0) is 26.6. The van der Waals surface area contributed by atoms with Gasteiger partial charge in [-0.25, -0.2) is 0 Å². The molecule has 8 nitrogen and oxygen atoms in total. The third-order valence-electron chi connectivity index (χ3n) is 6.99. The SMILES string of the molecule is COc1ccc(CCN2CCN(c3nc(Cl)ns3)CC2)cc1.COc1ccc(CCN2CCNCC2)cc1.Cl.Cl. The summed E-state index contributed by atoms with van der Waals surface area (Å²) in [4.78, 5) is 11.5. The lowest BCUT2D eigenvalue weighted by Crippen LogP contribution is -2.46. The molecule has 0 spiro atoms. The summed E-state index contributed by atoms with van der Waals surface area (Å²) < 4.78 is 14.4. The smallest absolute Gasteiger partial charge is 0.236 e. The van der Waals surface area contributed by atoms with Crippen molar-refractivity contribution < 1.29 is 9.47 Å². The first kappa shape index (κ1) is 34.4. The highest BCUT2D eigenvalue weighted by molar-refractivity contribution is 7.10. The molecule has 0 saturated carbocycles. The topological polar surface area (TPSA) is 66.0 Å². The van der Waals surface area contributed by atoms with E-state index in [1.165, 1.54) is 35.7 Å². The molecular weight excluding hydrogens is 591 g/mol. The first-order valence-electron chi connectivity index (χ1n) is 13.3. The van der Waals surface area contributed by atoms with Gasteiger partial charge in [-0.2, -0.15) is 9.36 Å². The second-order valence-electron chi connectivity index (χ2n) is 9.46. The Kier molecular flexibility index (Phi) is 15.9. The maximum absolute atomic E-state index is 5.79. The standard InChI is InChI=1S/C15H19ClN4OS.C13H20N2O.2ClH/c1-21-13-4-2-12(3-5-13)6-7-19-8-10-20(11-9-19)15-17-14(16)18-22-15;1-16-13-4-2-12(3-5-13)6-9-15-10-7-14-8-11-15;;/h2-5H,6-11H2,1H3;2-5,14H,6-11H2,1H3;2*1H. The van der Waals surface area contributed by atoms with Crippen LogP contribution in [-0.2, 0) is 12.8 Å². The molecule has 2 aromatic carbocycles. The number of halogens is 3. The normalized spacial score (nSPS) is 15.7. The molecule has 2 saturated heterocycles. The van der Waals surface area contributed by atoms with Gasteiger partial charge in [0.05, 0.1) is 14.2 Å². The summed E-state index contributed by atoms with van der Waals surface area (Å²) in [5.41, 5.74) is 2.73. The molecule has 0 bridgehead atoms. The van der Waals surface area contributed by atoms with Gasteiger partial charge in [0.25, 0.3) is 0 Å². The van der Waals surface area contributed by atoms with Crippen molar-refractivity contribution in [3.05, 3.63) is 64.9 Å². The van der Waals surface area contributed by atoms with E-state index in [1.807, 2.05) is 24.3 Å². The molecule has 0 radical (unpaired) electrons. The largest absolute Gasteiger partial charge is 0.497 e. The number of anilines is 1. The minimum Gasteiger partial charge on any atom is -0.497 e. The van der Waals surface area contributed by atoms with Gasteiger partial charge >= 0.3 is 0 Å². The van der Waals surface area contributed by atoms with Gasteiger partial charge in [0.1, 0.15) is 11.5 Å². The zero-order valence-corrected chi connectivity index (χ0v) is 26.5. The molecule has 0 unspecified atom stereocenters. The number of hydrogen-bond donors (Lipinski definition) is 1. The number of nitrogens with zero attached hydrogens (tertiary/aromatic N) is 5. The predicted octanol–water partition coefficient (Wildman–Crippen LogP) is 4.55. The highest BCUT2D eigenvalue weighted by atomic mass is 35.5. The summed E-state index contributed by atoms with van der Waals surface area (Å²) in [5.74, 6) is 1.85. The molecule has 2 fully saturated rings. The Morgan fingerprint density at radius 1 is 0.750 bits per heavy atom. The van der Waals surface area contributed by atoms with Gasteiger partial charge in [-0.1, -0.05) is 24.3 Å². The lowest BCUT2D eigenvalue weighted by molar-refractivity contribution is 0.244. The van der Waals surface area contributed by atoms with Crippen molar-refractivity contribution in [2.45, 2.75) is 12.8 Å². The first-order chi connectivity index (χ1) is 18.6. The third kappa shape index (κ3) is 11.2. The van der Waals surface area contributed by atoms with Gasteiger partial charge in [-0.05, 0) is 59.8 Å². The fourth-order valence-corrected chi connectivity index (χ4v) is 5.44.